The third-order valence-corrected chi connectivity index (χ3v) is 2.67. The standard InChI is InChI=1S/C15H13NO3/c1-10(18)16-14-4-2-3-11(8-14)12-5-6-15(19)13(7-12)9-17/h2-9,19H,1H3,(H,16,18). The van der Waals surface area contributed by atoms with Crippen LogP contribution in [0.5, 0.6) is 5.75 Å². The molecular weight excluding hydrogens is 242 g/mol. The average molecular weight is 255 g/mol. The van der Waals surface area contributed by atoms with Crippen LogP contribution in [-0.4, -0.2) is 17.3 Å². The van der Waals surface area contributed by atoms with Gasteiger partial charge in [-0.2, -0.15) is 0 Å². The first-order chi connectivity index (χ1) is 9.10. The van der Waals surface area contributed by atoms with Gasteiger partial charge in [0, 0.05) is 12.6 Å². The molecule has 0 bridgehead atoms. The Morgan fingerprint density at radius 3 is 2.58 bits per heavy atom. The molecule has 0 unspecified atom stereocenters. The first kappa shape index (κ1) is 12.8. The summed E-state index contributed by atoms with van der Waals surface area (Å²) in [5.41, 5.74) is 2.58. The van der Waals surface area contributed by atoms with Crippen LogP contribution in [0.15, 0.2) is 42.5 Å². The van der Waals surface area contributed by atoms with Crippen molar-refractivity contribution in [3.05, 3.63) is 48.0 Å². The Labute approximate surface area is 110 Å². The van der Waals surface area contributed by atoms with Gasteiger partial charge < -0.3 is 10.4 Å². The zero-order valence-electron chi connectivity index (χ0n) is 10.4. The minimum atomic E-state index is -0.142. The van der Waals surface area contributed by atoms with Crippen molar-refractivity contribution in [1.82, 2.24) is 0 Å². The van der Waals surface area contributed by atoms with E-state index in [1.165, 1.54) is 13.0 Å². The Kier molecular flexibility index (Phi) is 3.61. The van der Waals surface area contributed by atoms with Crippen LogP contribution in [-0.2, 0) is 4.79 Å². The number of phenols is 1. The molecule has 2 aromatic carbocycles. The van der Waals surface area contributed by atoms with Crippen molar-refractivity contribution in [3.8, 4) is 16.9 Å². The van der Waals surface area contributed by atoms with Crippen LogP contribution in [0.2, 0.25) is 0 Å². The normalized spacial score (nSPS) is 9.95. The lowest BCUT2D eigenvalue weighted by atomic mass is 10.0. The van der Waals surface area contributed by atoms with Gasteiger partial charge in [0.15, 0.2) is 6.29 Å². The summed E-state index contributed by atoms with van der Waals surface area (Å²) >= 11 is 0. The summed E-state index contributed by atoms with van der Waals surface area (Å²) in [6, 6.07) is 12.1. The quantitative estimate of drug-likeness (QED) is 0.829. The molecule has 0 saturated carbocycles. The van der Waals surface area contributed by atoms with E-state index in [0.717, 1.165) is 11.1 Å². The van der Waals surface area contributed by atoms with E-state index >= 15 is 0 Å². The molecule has 0 heterocycles. The second kappa shape index (κ2) is 5.35. The van der Waals surface area contributed by atoms with E-state index in [2.05, 4.69) is 5.32 Å². The third-order valence-electron chi connectivity index (χ3n) is 2.67. The van der Waals surface area contributed by atoms with Crippen LogP contribution < -0.4 is 5.32 Å². The average Bonchev–Trinajstić information content (AvgIpc) is 2.39. The number of benzene rings is 2. The lowest BCUT2D eigenvalue weighted by molar-refractivity contribution is -0.114. The fourth-order valence-corrected chi connectivity index (χ4v) is 1.81. The lowest BCUT2D eigenvalue weighted by Gasteiger charge is -2.07. The van der Waals surface area contributed by atoms with Gasteiger partial charge in [-0.15, -0.1) is 0 Å². The predicted octanol–water partition coefficient (Wildman–Crippen LogP) is 2.83. The number of carbonyl (C=O) groups excluding carboxylic acids is 2. The molecule has 19 heavy (non-hydrogen) atoms. The number of hydrogen-bond acceptors (Lipinski definition) is 3. The molecule has 4 heteroatoms. The van der Waals surface area contributed by atoms with E-state index in [0.29, 0.717) is 12.0 Å². The molecule has 0 radical (unpaired) electrons. The molecule has 2 rings (SSSR count). The molecule has 1 amide bonds. The highest BCUT2D eigenvalue weighted by Crippen LogP contribution is 2.26. The number of anilines is 1. The number of aromatic hydroxyl groups is 1. The number of carbonyl (C=O) groups is 2. The molecule has 96 valence electrons. The molecule has 0 fully saturated rings. The summed E-state index contributed by atoms with van der Waals surface area (Å²) in [7, 11) is 0. The highest BCUT2D eigenvalue weighted by atomic mass is 16.3. The predicted molar refractivity (Wildman–Crippen MR) is 73.2 cm³/mol. The first-order valence-corrected chi connectivity index (χ1v) is 5.76. The Morgan fingerprint density at radius 2 is 1.89 bits per heavy atom. The van der Waals surface area contributed by atoms with Crippen LogP contribution in [0.3, 0.4) is 0 Å². The number of amides is 1. The second-order valence-electron chi connectivity index (χ2n) is 4.15. The van der Waals surface area contributed by atoms with Crippen molar-refractivity contribution in [2.24, 2.45) is 0 Å². The molecule has 4 nitrogen and oxygen atoms in total. The summed E-state index contributed by atoms with van der Waals surface area (Å²) in [5, 5.41) is 12.2. The fourth-order valence-electron chi connectivity index (χ4n) is 1.81. The van der Waals surface area contributed by atoms with Gasteiger partial charge in [-0.25, -0.2) is 0 Å². The number of hydrogen-bond donors (Lipinski definition) is 2. The smallest absolute Gasteiger partial charge is 0.221 e. The number of rotatable bonds is 3. The van der Waals surface area contributed by atoms with Crippen molar-refractivity contribution in [3.63, 3.8) is 0 Å². The first-order valence-electron chi connectivity index (χ1n) is 5.76. The van der Waals surface area contributed by atoms with Crippen LogP contribution in [0, 0.1) is 0 Å². The molecule has 2 aromatic rings. The van der Waals surface area contributed by atoms with Gasteiger partial charge in [-0.3, -0.25) is 9.59 Å². The number of phenolic OH excluding ortho intramolecular Hbond substituents is 1. The Morgan fingerprint density at radius 1 is 1.16 bits per heavy atom. The van der Waals surface area contributed by atoms with Gasteiger partial charge >= 0.3 is 0 Å². The van der Waals surface area contributed by atoms with E-state index in [-0.39, 0.29) is 17.2 Å². The lowest BCUT2D eigenvalue weighted by Crippen LogP contribution is -2.05. The topological polar surface area (TPSA) is 66.4 Å². The van der Waals surface area contributed by atoms with Crippen LogP contribution in [0.1, 0.15) is 17.3 Å². The molecule has 0 atom stereocenters. The largest absolute Gasteiger partial charge is 0.507 e. The number of nitrogens with one attached hydrogen (secondary N) is 1. The molecule has 0 spiro atoms. The zero-order valence-corrected chi connectivity index (χ0v) is 10.4. The van der Waals surface area contributed by atoms with Gasteiger partial charge in [0.1, 0.15) is 5.75 Å². The van der Waals surface area contributed by atoms with Gasteiger partial charge in [-0.1, -0.05) is 18.2 Å². The minimum Gasteiger partial charge on any atom is -0.507 e. The summed E-state index contributed by atoms with van der Waals surface area (Å²) in [5.74, 6) is -0.187. The highest BCUT2D eigenvalue weighted by Gasteiger charge is 2.05. The monoisotopic (exact) mass is 255 g/mol. The van der Waals surface area contributed by atoms with Crippen molar-refractivity contribution in [2.75, 3.05) is 5.32 Å². The Hall–Kier alpha value is -2.62. The van der Waals surface area contributed by atoms with E-state index in [1.54, 1.807) is 18.2 Å². The maximum absolute atomic E-state index is 11.0. The van der Waals surface area contributed by atoms with Crippen molar-refractivity contribution < 1.29 is 14.7 Å². The molecular formula is C15H13NO3. The van der Waals surface area contributed by atoms with Crippen LogP contribution in [0.25, 0.3) is 11.1 Å². The van der Waals surface area contributed by atoms with E-state index < -0.39 is 0 Å². The minimum absolute atomic E-state index is 0.0447. The molecule has 2 N–H and O–H groups in total. The fraction of sp³-hybridized carbons (Fsp3) is 0.0667. The van der Waals surface area contributed by atoms with Gasteiger partial charge in [0.05, 0.1) is 5.56 Å². The third kappa shape index (κ3) is 2.98. The van der Waals surface area contributed by atoms with Crippen molar-refractivity contribution >= 4 is 17.9 Å². The summed E-state index contributed by atoms with van der Waals surface area (Å²) in [4.78, 5) is 21.8. The number of aldehydes is 1. The molecule has 0 aliphatic heterocycles. The van der Waals surface area contributed by atoms with Crippen molar-refractivity contribution in [2.45, 2.75) is 6.92 Å². The van der Waals surface area contributed by atoms with Crippen LogP contribution in [0.4, 0.5) is 5.69 Å². The van der Waals surface area contributed by atoms with Gasteiger partial charge in [-0.05, 0) is 35.4 Å². The maximum atomic E-state index is 11.0. The van der Waals surface area contributed by atoms with E-state index in [1.807, 2.05) is 18.2 Å². The molecule has 0 saturated heterocycles. The van der Waals surface area contributed by atoms with E-state index in [9.17, 15) is 14.7 Å². The molecule has 0 aliphatic carbocycles. The SMILES string of the molecule is CC(=O)Nc1cccc(-c2ccc(O)c(C=O)c2)c1. The Balaban J connectivity index is 2.41. The highest BCUT2D eigenvalue weighted by molar-refractivity contribution is 5.90. The zero-order chi connectivity index (χ0) is 13.8. The summed E-state index contributed by atoms with van der Waals surface area (Å²) in [6.07, 6.45) is 0.608. The van der Waals surface area contributed by atoms with Gasteiger partial charge in [0.25, 0.3) is 0 Å². The summed E-state index contributed by atoms with van der Waals surface area (Å²) < 4.78 is 0. The van der Waals surface area contributed by atoms with Crippen LogP contribution >= 0.6 is 0 Å². The van der Waals surface area contributed by atoms with Gasteiger partial charge in [0.2, 0.25) is 5.91 Å². The molecule has 0 aliphatic rings. The summed E-state index contributed by atoms with van der Waals surface area (Å²) in [6.45, 7) is 1.44. The van der Waals surface area contributed by atoms with Crippen molar-refractivity contribution in [1.29, 1.82) is 0 Å². The Bertz CT molecular complexity index is 635. The maximum Gasteiger partial charge on any atom is 0.221 e. The molecule has 0 aromatic heterocycles. The van der Waals surface area contributed by atoms with E-state index in [4.69, 9.17) is 0 Å². The second-order valence-corrected chi connectivity index (χ2v) is 4.15.